The van der Waals surface area contributed by atoms with Crippen LogP contribution in [0.1, 0.15) is 83.4 Å². The van der Waals surface area contributed by atoms with E-state index in [0.717, 1.165) is 9.80 Å². The van der Waals surface area contributed by atoms with Gasteiger partial charge in [-0.15, -0.1) is 0 Å². The number of nitrogens with one attached hydrogen (secondary N) is 6. The van der Waals surface area contributed by atoms with Crippen LogP contribution in [0.3, 0.4) is 0 Å². The number of fused-ring (bicyclic) bond motifs is 2. The molecule has 0 saturated carbocycles. The maximum absolute atomic E-state index is 15.1. The predicted octanol–water partition coefficient (Wildman–Crippen LogP) is -1.06. The number of aliphatic hydroxyl groups excluding tert-OH is 4. The minimum atomic E-state index is -1.93. The molecule has 0 aliphatic carbocycles. The van der Waals surface area contributed by atoms with Gasteiger partial charge in [0.1, 0.15) is 78.3 Å². The highest BCUT2D eigenvalue weighted by Gasteiger charge is 2.46. The molecule has 0 spiro atoms. The van der Waals surface area contributed by atoms with Crippen molar-refractivity contribution >= 4 is 53.2 Å². The van der Waals surface area contributed by atoms with E-state index in [4.69, 9.17) is 4.74 Å². The van der Waals surface area contributed by atoms with Crippen molar-refractivity contribution in [2.45, 2.75) is 153 Å². The number of hydrogen-bond donors (Lipinski definition) is 12. The van der Waals surface area contributed by atoms with Gasteiger partial charge in [-0.1, -0.05) is 88.7 Å². The molecule has 8 amide bonds. The first kappa shape index (κ1) is 63.2. The van der Waals surface area contributed by atoms with E-state index in [2.05, 4.69) is 31.9 Å². The molecule has 2 heterocycles. The number of nitrogens with zero attached hydrogens (tertiary/aromatic N) is 2. The molecule has 12 atom stereocenters. The molecule has 8 unspecified atom stereocenters. The van der Waals surface area contributed by atoms with Crippen molar-refractivity contribution in [3.63, 3.8) is 0 Å². The quantitative estimate of drug-likeness (QED) is 0.0637. The van der Waals surface area contributed by atoms with Crippen LogP contribution in [0, 0.1) is 11.8 Å². The first-order chi connectivity index (χ1) is 38.0. The molecule has 24 heteroatoms. The number of carbonyl (C=O) groups excluding carboxylic acids is 9. The summed E-state index contributed by atoms with van der Waals surface area (Å²) in [7, 11) is 1.32. The van der Waals surface area contributed by atoms with Crippen molar-refractivity contribution in [3.8, 4) is 11.5 Å². The van der Waals surface area contributed by atoms with Crippen LogP contribution >= 0.6 is 0 Å². The molecule has 3 aromatic carbocycles. The van der Waals surface area contributed by atoms with Crippen LogP contribution in [0.25, 0.3) is 0 Å². The molecule has 24 nitrogen and oxygen atoms in total. The first-order valence-electron chi connectivity index (χ1n) is 26.8. The number of benzene rings is 3. The number of ether oxygens (including phenoxy) is 1. The van der Waals surface area contributed by atoms with Gasteiger partial charge in [-0.3, -0.25) is 38.4 Å². The summed E-state index contributed by atoms with van der Waals surface area (Å²) in [4.78, 5) is 131. The van der Waals surface area contributed by atoms with Crippen molar-refractivity contribution in [1.29, 1.82) is 0 Å². The molecule has 0 radical (unpaired) electrons. The minimum Gasteiger partial charge on any atom is -0.508 e. The Morgan fingerprint density at radius 2 is 1.31 bits per heavy atom. The third-order valence-corrected chi connectivity index (χ3v) is 14.4. The first-order valence-corrected chi connectivity index (χ1v) is 26.8. The van der Waals surface area contributed by atoms with Crippen LogP contribution in [0.2, 0.25) is 0 Å². The van der Waals surface area contributed by atoms with E-state index in [0.29, 0.717) is 23.1 Å². The lowest BCUT2D eigenvalue weighted by molar-refractivity contribution is -0.165. The van der Waals surface area contributed by atoms with Crippen LogP contribution in [-0.2, 0) is 67.2 Å². The van der Waals surface area contributed by atoms with Gasteiger partial charge in [-0.2, -0.15) is 0 Å². The fraction of sp³-hybridized carbons (Fsp3) is 0.518. The molecule has 5 rings (SSSR count). The second-order valence-corrected chi connectivity index (χ2v) is 20.7. The van der Waals surface area contributed by atoms with Crippen LogP contribution < -0.4 is 31.9 Å². The lowest BCUT2D eigenvalue weighted by Gasteiger charge is -2.43. The number of aromatic hydroxyl groups is 2. The van der Waals surface area contributed by atoms with Gasteiger partial charge in [-0.25, -0.2) is 4.79 Å². The average Bonchev–Trinajstić information content (AvgIpc) is 3.42. The Kier molecular flexibility index (Phi) is 23.3. The highest BCUT2D eigenvalue weighted by atomic mass is 16.5. The van der Waals surface area contributed by atoms with Crippen LogP contribution in [0.15, 0.2) is 78.9 Å². The molecule has 2 bridgehead atoms. The number of rotatable bonds is 19. The Morgan fingerprint density at radius 1 is 0.713 bits per heavy atom. The number of aliphatic hydroxyl groups is 4. The zero-order valence-electron chi connectivity index (χ0n) is 45.7. The van der Waals surface area contributed by atoms with E-state index in [9.17, 15) is 69.0 Å². The van der Waals surface area contributed by atoms with Gasteiger partial charge in [-0.05, 0) is 85.4 Å². The fourth-order valence-electron chi connectivity index (χ4n) is 9.40. The molecule has 80 heavy (non-hydrogen) atoms. The van der Waals surface area contributed by atoms with Crippen LogP contribution in [-0.4, -0.2) is 181 Å². The minimum absolute atomic E-state index is 0.0304. The Morgan fingerprint density at radius 3 is 1.90 bits per heavy atom. The number of phenols is 2. The van der Waals surface area contributed by atoms with E-state index in [1.54, 1.807) is 58.0 Å². The van der Waals surface area contributed by atoms with Crippen molar-refractivity contribution in [3.05, 3.63) is 95.6 Å². The van der Waals surface area contributed by atoms with E-state index in [1.165, 1.54) is 62.5 Å². The van der Waals surface area contributed by atoms with Gasteiger partial charge in [0.05, 0.1) is 0 Å². The Balaban J connectivity index is 1.53. The number of piperidine rings is 1. The maximum atomic E-state index is 15.1. The van der Waals surface area contributed by atoms with Gasteiger partial charge in [0.25, 0.3) is 0 Å². The molecule has 2 saturated heterocycles. The topological polar surface area (TPSA) is 363 Å². The molecular weight excluding hydrogens is 1040 g/mol. The molecule has 2 fully saturated rings. The molecule has 2 aliphatic heterocycles. The number of carbonyl (C=O) groups is 9. The van der Waals surface area contributed by atoms with E-state index in [-0.39, 0.29) is 43.6 Å². The van der Waals surface area contributed by atoms with Crippen molar-refractivity contribution in [2.24, 2.45) is 11.8 Å². The Hall–Kier alpha value is -7.67. The third kappa shape index (κ3) is 16.9. The van der Waals surface area contributed by atoms with Crippen molar-refractivity contribution in [1.82, 2.24) is 41.7 Å². The van der Waals surface area contributed by atoms with Crippen LogP contribution in [0.4, 0.5) is 0 Å². The number of amides is 8. The van der Waals surface area contributed by atoms with Crippen molar-refractivity contribution < 1.29 is 78.5 Å². The standard InChI is InChI=1S/C56H76N8O16/c1-7-31(4)46(61-51(74)43(69)29-35-15-19-37(68)20-16-35)52(75)57-39(24-26-66)49(72)62-47-32(5)80-56(79)45(30(2)3)60-50(73)41(27-34-13-17-36(67)18-14-34)63(6)55(78)42(28-33-11-9-8-10-12-33)64-44(70)22-21-40(54(64)77)59-48(71)38(23-25-65)58-53(47)76/h8-20,30-32,38-47,65-70H,7,21-29H2,1-6H3,(H,57,75)(H,58,76)(H,59,71)(H,60,73)(H,61,74)(H,62,72)/t31?,32-,38?,39?,40?,41?,42+,43?,44?,45+,46+,47?/m1/s1. The molecular formula is C56H76N8O16. The Labute approximate surface area is 464 Å². The largest absolute Gasteiger partial charge is 0.508 e. The lowest BCUT2D eigenvalue weighted by atomic mass is 9.95. The monoisotopic (exact) mass is 1120 g/mol. The maximum Gasteiger partial charge on any atom is 0.329 e. The predicted molar refractivity (Wildman–Crippen MR) is 287 cm³/mol. The highest BCUT2D eigenvalue weighted by Crippen LogP contribution is 2.26. The van der Waals surface area contributed by atoms with Crippen LogP contribution in [0.5, 0.6) is 11.5 Å². The summed E-state index contributed by atoms with van der Waals surface area (Å²) in [6.45, 7) is 6.33. The molecule has 436 valence electrons. The van der Waals surface area contributed by atoms with Gasteiger partial charge < -0.3 is 77.1 Å². The SMILES string of the molecule is CCC(C)[C@H](NC(=O)C(O)Cc1ccc(O)cc1)C(=O)NC(CCO)C(=O)NC1C(=O)NC(CCO)C(=O)NC2CCC(O)N(C2=O)[C@@H](Cc2ccccc2)C(=O)N(C)C(Cc2ccc(O)cc2)C(=O)N[C@@H](C(C)C)C(=O)O[C@@H]1C. The zero-order valence-corrected chi connectivity index (χ0v) is 45.7. The summed E-state index contributed by atoms with van der Waals surface area (Å²) >= 11 is 0. The number of likely N-dealkylation sites (N-methyl/N-ethyl adjacent to an activating group) is 1. The fourth-order valence-corrected chi connectivity index (χ4v) is 9.40. The summed E-state index contributed by atoms with van der Waals surface area (Å²) in [5, 5.41) is 77.6. The third-order valence-electron chi connectivity index (χ3n) is 14.4. The second-order valence-electron chi connectivity index (χ2n) is 20.7. The van der Waals surface area contributed by atoms with E-state index < -0.39 is 158 Å². The lowest BCUT2D eigenvalue weighted by Crippen LogP contribution is -2.65. The van der Waals surface area contributed by atoms with Gasteiger partial charge in [0.15, 0.2) is 0 Å². The van der Waals surface area contributed by atoms with E-state index >= 15 is 4.79 Å². The summed E-state index contributed by atoms with van der Waals surface area (Å²) in [5.41, 5.74) is 1.53. The van der Waals surface area contributed by atoms with Gasteiger partial charge >= 0.3 is 5.97 Å². The smallest absolute Gasteiger partial charge is 0.329 e. The van der Waals surface area contributed by atoms with E-state index in [1.807, 2.05) is 0 Å². The van der Waals surface area contributed by atoms with Gasteiger partial charge in [0.2, 0.25) is 47.3 Å². The summed E-state index contributed by atoms with van der Waals surface area (Å²) in [5.74, 6) is -10.3. The highest BCUT2D eigenvalue weighted by molar-refractivity contribution is 5.99. The number of phenolic OH excluding ortho intramolecular Hbond substituents is 2. The second kappa shape index (κ2) is 29.5. The normalized spacial score (nSPS) is 24.1. The summed E-state index contributed by atoms with van der Waals surface area (Å²) in [6, 6.07) is 7.70. The zero-order chi connectivity index (χ0) is 59.0. The summed E-state index contributed by atoms with van der Waals surface area (Å²) in [6.07, 6.45) is -6.28. The number of cyclic esters (lactones) is 1. The molecule has 3 aromatic rings. The van der Waals surface area contributed by atoms with Crippen molar-refractivity contribution in [2.75, 3.05) is 20.3 Å². The molecule has 0 aromatic heterocycles. The average molecular weight is 1120 g/mol. The Bertz CT molecular complexity index is 2630. The number of hydrogen-bond acceptors (Lipinski definition) is 16. The summed E-state index contributed by atoms with van der Waals surface area (Å²) < 4.78 is 5.86. The molecule has 2 aliphatic rings. The van der Waals surface area contributed by atoms with Gasteiger partial charge in [0, 0.05) is 39.5 Å². The molecule has 12 N–H and O–H groups in total. The number of esters is 1.